The highest BCUT2D eigenvalue weighted by Crippen LogP contribution is 2.45. The van der Waals surface area contributed by atoms with Crippen molar-refractivity contribution in [1.82, 2.24) is 15.1 Å². The number of likely N-dealkylation sites (N-methyl/N-ethyl adjacent to an activating group) is 1. The number of fused-ring (bicyclic) bond motifs is 1. The number of halogens is 1. The summed E-state index contributed by atoms with van der Waals surface area (Å²) in [5.74, 6) is 0.106. The van der Waals surface area contributed by atoms with Gasteiger partial charge in [0.05, 0.1) is 23.7 Å². The second-order valence-electron chi connectivity index (χ2n) is 8.88. The maximum absolute atomic E-state index is 13.7. The van der Waals surface area contributed by atoms with E-state index < -0.39 is 6.04 Å². The van der Waals surface area contributed by atoms with Gasteiger partial charge in [-0.25, -0.2) is 9.38 Å². The number of benzene rings is 1. The Morgan fingerprint density at radius 3 is 2.59 bits per heavy atom. The Morgan fingerprint density at radius 1 is 1.28 bits per heavy atom. The van der Waals surface area contributed by atoms with Crippen LogP contribution in [0.5, 0.6) is 0 Å². The fourth-order valence-electron chi connectivity index (χ4n) is 3.84. The molecular weight excluding hydrogens is 427 g/mol. The van der Waals surface area contributed by atoms with E-state index in [0.29, 0.717) is 23.7 Å². The first-order valence-electron chi connectivity index (χ1n) is 11.0. The molecule has 1 N–H and O–H groups in total. The Morgan fingerprint density at radius 2 is 1.97 bits per heavy atom. The van der Waals surface area contributed by atoms with E-state index in [2.05, 4.69) is 5.32 Å². The van der Waals surface area contributed by atoms with Gasteiger partial charge in [0, 0.05) is 25.3 Å². The second-order valence-corrected chi connectivity index (χ2v) is 9.72. The van der Waals surface area contributed by atoms with Crippen LogP contribution in [0.2, 0.25) is 0 Å². The monoisotopic (exact) mass is 456 g/mol. The lowest BCUT2D eigenvalue weighted by atomic mass is 9.92. The highest BCUT2D eigenvalue weighted by molar-refractivity contribution is 8.16. The number of thioether (sulfide) groups is 1. The first-order valence-corrected chi connectivity index (χ1v) is 11.9. The molecular formula is C24H29FN4O2S. The maximum Gasteiger partial charge on any atom is 0.254 e. The summed E-state index contributed by atoms with van der Waals surface area (Å²) in [6.45, 7) is 6.46. The van der Waals surface area contributed by atoms with E-state index in [-0.39, 0.29) is 30.1 Å². The minimum absolute atomic E-state index is 0.0122. The number of amides is 2. The van der Waals surface area contributed by atoms with Gasteiger partial charge in [-0.1, -0.05) is 23.9 Å². The smallest absolute Gasteiger partial charge is 0.254 e. The zero-order chi connectivity index (χ0) is 23.0. The largest absolute Gasteiger partial charge is 0.355 e. The van der Waals surface area contributed by atoms with Crippen molar-refractivity contribution in [1.29, 1.82) is 0 Å². The van der Waals surface area contributed by atoms with Crippen LogP contribution < -0.4 is 5.32 Å². The van der Waals surface area contributed by atoms with Gasteiger partial charge in [-0.3, -0.25) is 9.59 Å². The Kier molecular flexibility index (Phi) is 6.42. The van der Waals surface area contributed by atoms with Crippen LogP contribution >= 0.6 is 11.8 Å². The standard InChI is InChI=1S/C24H29FN4O2S/c1-14(2)28(4)23(31)21-15(3)27-24-29(22(21)17-7-9-18(25)10-8-17)19(13-32-24)11-20(30)26-12-16-5-6-16/h7-10,13-14,16,22H,5-6,11-12H2,1-4H3,(H,26,30)/t22-/m0/s1. The molecule has 1 atom stereocenters. The van der Waals surface area contributed by atoms with Gasteiger partial charge >= 0.3 is 0 Å². The van der Waals surface area contributed by atoms with E-state index >= 15 is 0 Å². The van der Waals surface area contributed by atoms with Gasteiger partial charge in [-0.05, 0) is 62.6 Å². The van der Waals surface area contributed by atoms with Gasteiger partial charge in [0.1, 0.15) is 5.82 Å². The van der Waals surface area contributed by atoms with Crippen molar-refractivity contribution < 1.29 is 14.0 Å². The van der Waals surface area contributed by atoms with Gasteiger partial charge in [-0.2, -0.15) is 0 Å². The summed E-state index contributed by atoms with van der Waals surface area (Å²) in [5.41, 5.74) is 2.76. The molecule has 2 heterocycles. The zero-order valence-electron chi connectivity index (χ0n) is 18.9. The molecule has 170 valence electrons. The maximum atomic E-state index is 13.7. The molecule has 2 aliphatic heterocycles. The molecule has 32 heavy (non-hydrogen) atoms. The number of nitrogens with zero attached hydrogens (tertiary/aromatic N) is 3. The molecule has 2 amide bonds. The summed E-state index contributed by atoms with van der Waals surface area (Å²) in [6.07, 6.45) is 2.55. The lowest BCUT2D eigenvalue weighted by Crippen LogP contribution is -2.42. The number of nitrogens with one attached hydrogen (secondary N) is 1. The summed E-state index contributed by atoms with van der Waals surface area (Å²) < 4.78 is 13.7. The van der Waals surface area contributed by atoms with Gasteiger partial charge in [0.2, 0.25) is 5.91 Å². The van der Waals surface area contributed by atoms with Crippen molar-refractivity contribution in [2.45, 2.75) is 52.1 Å². The molecule has 0 spiro atoms. The van der Waals surface area contributed by atoms with E-state index in [0.717, 1.165) is 16.4 Å². The van der Waals surface area contributed by atoms with Crippen LogP contribution in [0.1, 0.15) is 51.6 Å². The first-order chi connectivity index (χ1) is 15.3. The van der Waals surface area contributed by atoms with Crippen molar-refractivity contribution in [3.05, 3.63) is 58.0 Å². The number of allylic oxidation sites excluding steroid dienone is 1. The van der Waals surface area contributed by atoms with E-state index in [1.54, 1.807) is 24.1 Å². The molecule has 0 aromatic heterocycles. The molecule has 1 aromatic carbocycles. The summed E-state index contributed by atoms with van der Waals surface area (Å²) in [5, 5.41) is 5.67. The number of carbonyl (C=O) groups excluding carboxylic acids is 2. The molecule has 1 saturated carbocycles. The van der Waals surface area contributed by atoms with Gasteiger partial charge in [0.25, 0.3) is 5.91 Å². The quantitative estimate of drug-likeness (QED) is 0.668. The fraction of sp³-hybridized carbons (Fsp3) is 0.458. The van der Waals surface area contributed by atoms with Crippen LogP contribution in [0.4, 0.5) is 4.39 Å². The molecule has 1 aliphatic carbocycles. The summed E-state index contributed by atoms with van der Waals surface area (Å²) >= 11 is 1.45. The minimum atomic E-state index is -0.478. The van der Waals surface area contributed by atoms with Crippen molar-refractivity contribution in [2.75, 3.05) is 13.6 Å². The number of amidine groups is 1. The summed E-state index contributed by atoms with van der Waals surface area (Å²) in [7, 11) is 1.77. The van der Waals surface area contributed by atoms with E-state index in [4.69, 9.17) is 4.99 Å². The number of rotatable bonds is 7. The van der Waals surface area contributed by atoms with Gasteiger partial charge < -0.3 is 15.1 Å². The number of aliphatic imine (C=N–C) groups is 1. The Bertz CT molecular complexity index is 1010. The van der Waals surface area contributed by atoms with Crippen LogP contribution in [0, 0.1) is 11.7 Å². The topological polar surface area (TPSA) is 65.0 Å². The molecule has 1 fully saturated rings. The van der Waals surface area contributed by atoms with E-state index in [1.165, 1.54) is 36.7 Å². The molecule has 0 unspecified atom stereocenters. The van der Waals surface area contributed by atoms with Gasteiger partial charge in [0.15, 0.2) is 5.17 Å². The van der Waals surface area contributed by atoms with Crippen LogP contribution in [-0.2, 0) is 9.59 Å². The highest BCUT2D eigenvalue weighted by atomic mass is 32.2. The number of hydrogen-bond donors (Lipinski definition) is 1. The molecule has 0 saturated heterocycles. The van der Waals surface area contributed by atoms with Crippen molar-refractivity contribution in [3.8, 4) is 0 Å². The number of hydrogen-bond acceptors (Lipinski definition) is 5. The fourth-order valence-corrected chi connectivity index (χ4v) is 4.80. The summed E-state index contributed by atoms with van der Waals surface area (Å²) in [6, 6.07) is 5.74. The molecule has 1 aromatic rings. The SMILES string of the molecule is CC1=C(C(=O)N(C)C(C)C)[C@H](c2ccc(F)cc2)N2C(CC(=O)NCC3CC3)=CSC2=N1. The number of carbonyl (C=O) groups is 2. The molecule has 0 radical (unpaired) electrons. The van der Waals surface area contributed by atoms with Gasteiger partial charge in [-0.15, -0.1) is 0 Å². The van der Waals surface area contributed by atoms with Crippen molar-refractivity contribution in [2.24, 2.45) is 10.9 Å². The second kappa shape index (κ2) is 9.10. The van der Waals surface area contributed by atoms with Crippen LogP contribution in [0.3, 0.4) is 0 Å². The Labute approximate surface area is 192 Å². The lowest BCUT2D eigenvalue weighted by Gasteiger charge is -2.38. The Hall–Kier alpha value is -2.61. The van der Waals surface area contributed by atoms with Crippen molar-refractivity contribution in [3.63, 3.8) is 0 Å². The van der Waals surface area contributed by atoms with Crippen molar-refractivity contribution >= 4 is 28.7 Å². The Balaban J connectivity index is 1.68. The molecule has 4 rings (SSSR count). The average molecular weight is 457 g/mol. The molecule has 3 aliphatic rings. The average Bonchev–Trinajstić information content (AvgIpc) is 3.51. The third-order valence-corrected chi connectivity index (χ3v) is 7.03. The summed E-state index contributed by atoms with van der Waals surface area (Å²) in [4.78, 5) is 34.5. The molecule has 6 nitrogen and oxygen atoms in total. The molecule has 0 bridgehead atoms. The highest BCUT2D eigenvalue weighted by Gasteiger charge is 2.41. The van der Waals surface area contributed by atoms with Crippen LogP contribution in [-0.4, -0.2) is 46.4 Å². The zero-order valence-corrected chi connectivity index (χ0v) is 19.7. The third-order valence-electron chi connectivity index (χ3n) is 6.14. The van der Waals surface area contributed by atoms with Crippen LogP contribution in [0.25, 0.3) is 0 Å². The van der Waals surface area contributed by atoms with E-state index in [1.807, 2.05) is 31.1 Å². The minimum Gasteiger partial charge on any atom is -0.355 e. The third kappa shape index (κ3) is 4.60. The molecule has 8 heteroatoms. The predicted molar refractivity (Wildman–Crippen MR) is 125 cm³/mol. The lowest BCUT2D eigenvalue weighted by molar-refractivity contribution is -0.128. The predicted octanol–water partition coefficient (Wildman–Crippen LogP) is 4.18. The normalized spacial score (nSPS) is 20.2. The van der Waals surface area contributed by atoms with E-state index in [9.17, 15) is 14.0 Å². The van der Waals surface area contributed by atoms with Crippen LogP contribution in [0.15, 0.2) is 51.6 Å². The first kappa shape index (κ1) is 22.6.